The monoisotopic (exact) mass is 109 g/mol. The standard InChI is InChI=1S/CH4ClN3O/c2-1(6)5(3)4/h3-4H2. The van der Waals surface area contributed by atoms with Gasteiger partial charge >= 0.3 is 5.37 Å². The van der Waals surface area contributed by atoms with Crippen molar-refractivity contribution < 1.29 is 4.79 Å². The second-order valence-corrected chi connectivity index (χ2v) is 0.984. The molecule has 0 radical (unpaired) electrons. The average Bonchev–Trinajstić information content (AvgIpc) is 1.36. The second kappa shape index (κ2) is 1.96. The van der Waals surface area contributed by atoms with E-state index in [1.165, 1.54) is 0 Å². The van der Waals surface area contributed by atoms with Crippen molar-refractivity contribution in [1.29, 1.82) is 0 Å². The second-order valence-electron chi connectivity index (χ2n) is 0.660. The molecule has 0 aromatic rings. The van der Waals surface area contributed by atoms with Gasteiger partial charge in [0.2, 0.25) is 0 Å². The Bertz CT molecular complexity index is 61.8. The minimum atomic E-state index is -0.880. The van der Waals surface area contributed by atoms with Crippen molar-refractivity contribution in [2.24, 2.45) is 11.7 Å². The summed E-state index contributed by atoms with van der Waals surface area (Å²) in [4.78, 5) is 9.58. The third-order valence-electron chi connectivity index (χ3n) is 0.203. The first-order chi connectivity index (χ1) is 2.64. The molecule has 0 saturated carbocycles. The molecule has 0 aliphatic heterocycles. The lowest BCUT2D eigenvalue weighted by Gasteiger charge is -1.99. The Hall–Kier alpha value is -0.320. The molecule has 4 N–H and O–H groups in total. The number of hydrogen-bond acceptors (Lipinski definition) is 3. The molecule has 0 aromatic heterocycles. The number of amides is 1. The summed E-state index contributed by atoms with van der Waals surface area (Å²) in [6.07, 6.45) is 0. The molecule has 0 aliphatic rings. The molecule has 0 saturated heterocycles. The lowest BCUT2D eigenvalue weighted by atomic mass is 11.3. The third kappa shape index (κ3) is 1.95. The fourth-order valence-electron chi connectivity index (χ4n) is 0. The van der Waals surface area contributed by atoms with E-state index in [1.807, 2.05) is 0 Å². The van der Waals surface area contributed by atoms with Gasteiger partial charge in [-0.15, -0.1) is 0 Å². The maximum Gasteiger partial charge on any atom is 0.345 e. The normalized spacial score (nSPS) is 7.83. The maximum absolute atomic E-state index is 9.58. The van der Waals surface area contributed by atoms with Crippen LogP contribution >= 0.6 is 11.6 Å². The molecule has 6 heavy (non-hydrogen) atoms. The van der Waals surface area contributed by atoms with Gasteiger partial charge in [-0.2, -0.15) is 5.12 Å². The summed E-state index contributed by atoms with van der Waals surface area (Å²) >= 11 is 4.65. The van der Waals surface area contributed by atoms with E-state index in [0.29, 0.717) is 5.12 Å². The minimum Gasteiger partial charge on any atom is -0.252 e. The molecule has 36 valence electrons. The lowest BCUT2D eigenvalue weighted by molar-refractivity contribution is 0.224. The van der Waals surface area contributed by atoms with E-state index in [1.54, 1.807) is 0 Å². The van der Waals surface area contributed by atoms with E-state index in [0.717, 1.165) is 0 Å². The van der Waals surface area contributed by atoms with Crippen LogP contribution in [0.25, 0.3) is 0 Å². The number of rotatable bonds is 0. The third-order valence-corrected chi connectivity index (χ3v) is 0.398. The molecule has 0 rings (SSSR count). The fraction of sp³-hybridized carbons (Fsp3) is 0. The molecule has 0 bridgehead atoms. The predicted molar refractivity (Wildman–Crippen MR) is 21.5 cm³/mol. The largest absolute Gasteiger partial charge is 0.345 e. The molecule has 0 spiro atoms. The van der Waals surface area contributed by atoms with Gasteiger partial charge in [0.05, 0.1) is 0 Å². The zero-order valence-electron chi connectivity index (χ0n) is 2.89. The molecule has 0 aliphatic carbocycles. The maximum atomic E-state index is 9.58. The molecule has 0 fully saturated rings. The molecule has 0 heterocycles. The van der Waals surface area contributed by atoms with Crippen LogP contribution < -0.4 is 11.7 Å². The molecule has 0 atom stereocenters. The van der Waals surface area contributed by atoms with Gasteiger partial charge < -0.3 is 0 Å². The van der Waals surface area contributed by atoms with Gasteiger partial charge in [0.25, 0.3) is 0 Å². The SMILES string of the molecule is NN(N)C(=O)Cl. The Morgan fingerprint density at radius 3 is 1.83 bits per heavy atom. The van der Waals surface area contributed by atoms with Crippen LogP contribution in [-0.2, 0) is 0 Å². The van der Waals surface area contributed by atoms with E-state index < -0.39 is 5.37 Å². The number of hydrazine groups is 2. The molecule has 4 nitrogen and oxygen atoms in total. The number of carbonyl (C=O) groups is 1. The van der Waals surface area contributed by atoms with Gasteiger partial charge in [-0.25, -0.2) is 11.7 Å². The molecular weight excluding hydrogens is 105 g/mol. The van der Waals surface area contributed by atoms with Crippen LogP contribution in [0, 0.1) is 0 Å². The van der Waals surface area contributed by atoms with Crippen molar-refractivity contribution in [3.05, 3.63) is 0 Å². The van der Waals surface area contributed by atoms with Crippen LogP contribution in [0.1, 0.15) is 0 Å². The van der Waals surface area contributed by atoms with Crippen molar-refractivity contribution in [1.82, 2.24) is 5.12 Å². The van der Waals surface area contributed by atoms with Crippen LogP contribution in [0.3, 0.4) is 0 Å². The predicted octanol–water partition coefficient (Wildman–Crippen LogP) is -0.605. The van der Waals surface area contributed by atoms with Crippen molar-refractivity contribution >= 4 is 17.0 Å². The Balaban J connectivity index is 3.26. The first-order valence-electron chi connectivity index (χ1n) is 1.13. The number of hydrogen-bond donors (Lipinski definition) is 2. The molecule has 0 unspecified atom stereocenters. The van der Waals surface area contributed by atoms with Gasteiger partial charge in [0.15, 0.2) is 0 Å². The van der Waals surface area contributed by atoms with Gasteiger partial charge in [0.1, 0.15) is 0 Å². The van der Waals surface area contributed by atoms with Crippen LogP contribution in [0.5, 0.6) is 0 Å². The Morgan fingerprint density at radius 2 is 1.83 bits per heavy atom. The molecule has 0 aromatic carbocycles. The quantitative estimate of drug-likeness (QED) is 0.143. The van der Waals surface area contributed by atoms with Gasteiger partial charge in [-0.3, -0.25) is 4.79 Å². The summed E-state index contributed by atoms with van der Waals surface area (Å²) in [7, 11) is 0. The summed E-state index contributed by atoms with van der Waals surface area (Å²) in [6.45, 7) is 0. The minimum absolute atomic E-state index is 0.293. The molecular formula is CH4ClN3O. The van der Waals surface area contributed by atoms with Crippen molar-refractivity contribution in [2.45, 2.75) is 0 Å². The van der Waals surface area contributed by atoms with Crippen LogP contribution in [0.4, 0.5) is 4.79 Å². The van der Waals surface area contributed by atoms with Crippen molar-refractivity contribution in [2.75, 3.05) is 0 Å². The van der Waals surface area contributed by atoms with Crippen molar-refractivity contribution in [3.8, 4) is 0 Å². The summed E-state index contributed by atoms with van der Waals surface area (Å²) in [5, 5.41) is -0.586. The van der Waals surface area contributed by atoms with E-state index >= 15 is 0 Å². The van der Waals surface area contributed by atoms with Gasteiger partial charge in [-0.1, -0.05) is 0 Å². The van der Waals surface area contributed by atoms with Crippen LogP contribution in [0.2, 0.25) is 0 Å². The van der Waals surface area contributed by atoms with E-state index in [2.05, 4.69) is 23.3 Å². The number of nitrogens with two attached hydrogens (primary N) is 2. The highest BCUT2D eigenvalue weighted by Crippen LogP contribution is 1.77. The Morgan fingerprint density at radius 1 is 1.67 bits per heavy atom. The topological polar surface area (TPSA) is 72.3 Å². The smallest absolute Gasteiger partial charge is 0.252 e. The van der Waals surface area contributed by atoms with Crippen LogP contribution in [0.15, 0.2) is 0 Å². The first-order valence-corrected chi connectivity index (χ1v) is 1.51. The highest BCUT2D eigenvalue weighted by molar-refractivity contribution is 6.62. The number of halogens is 1. The zero-order chi connectivity index (χ0) is 5.15. The summed E-state index contributed by atoms with van der Waals surface area (Å²) in [6, 6.07) is 0. The number of nitrogens with zero attached hydrogens (tertiary/aromatic N) is 1. The Labute approximate surface area is 39.6 Å². The molecule has 1 amide bonds. The molecule has 5 heteroatoms. The zero-order valence-corrected chi connectivity index (χ0v) is 3.64. The summed E-state index contributed by atoms with van der Waals surface area (Å²) in [5.74, 6) is 9.13. The average molecular weight is 110 g/mol. The van der Waals surface area contributed by atoms with E-state index in [-0.39, 0.29) is 0 Å². The fourth-order valence-corrected chi connectivity index (χ4v) is 0. The van der Waals surface area contributed by atoms with Crippen LogP contribution in [-0.4, -0.2) is 10.5 Å². The number of carbonyl (C=O) groups excluding carboxylic acids is 1. The van der Waals surface area contributed by atoms with Crippen molar-refractivity contribution in [3.63, 3.8) is 0 Å². The highest BCUT2D eigenvalue weighted by atomic mass is 35.5. The lowest BCUT2D eigenvalue weighted by Crippen LogP contribution is -2.39. The Kier molecular flexibility index (Phi) is 1.86. The van der Waals surface area contributed by atoms with E-state index in [9.17, 15) is 4.79 Å². The summed E-state index contributed by atoms with van der Waals surface area (Å²) in [5.41, 5.74) is 0. The van der Waals surface area contributed by atoms with E-state index in [4.69, 9.17) is 0 Å². The summed E-state index contributed by atoms with van der Waals surface area (Å²) < 4.78 is 0. The highest BCUT2D eigenvalue weighted by Gasteiger charge is 1.93. The first kappa shape index (κ1) is 5.68. The van der Waals surface area contributed by atoms with Gasteiger partial charge in [0, 0.05) is 0 Å². The van der Waals surface area contributed by atoms with Gasteiger partial charge in [-0.05, 0) is 11.6 Å².